The molecular weight excluding hydrogens is 442 g/mol. The van der Waals surface area contributed by atoms with Crippen LogP contribution in [0.25, 0.3) is 5.69 Å². The summed E-state index contributed by atoms with van der Waals surface area (Å²) in [5.74, 6) is 1.37. The molecule has 0 aliphatic rings. The zero-order chi connectivity index (χ0) is 24.0. The van der Waals surface area contributed by atoms with Gasteiger partial charge in [-0.1, -0.05) is 29.5 Å². The summed E-state index contributed by atoms with van der Waals surface area (Å²) >= 11 is 1.28. The van der Waals surface area contributed by atoms with Crippen LogP contribution in [0.15, 0.2) is 58.4 Å². The van der Waals surface area contributed by atoms with Gasteiger partial charge in [0.05, 0.1) is 32.3 Å². The first-order chi connectivity index (χ1) is 15.9. The molecule has 3 aromatic rings. The first-order valence-electron chi connectivity index (χ1n) is 10.3. The maximum Gasteiger partial charge on any atom is 0.271 e. The fraction of sp³-hybridized carbons (Fsp3) is 0.292. The van der Waals surface area contributed by atoms with Gasteiger partial charge in [-0.2, -0.15) is 9.78 Å². The predicted molar refractivity (Wildman–Crippen MR) is 128 cm³/mol. The standard InChI is InChI=1S/C24H27N3O5S/c1-15-6-8-18(9-7-15)27-22(28)11-10-21(26-27)33-16(2)24(29)25-14-17-12-19(30-3)23(32-5)20(13-17)31-4/h6-13,16H,14H2,1-5H3,(H,25,29)/t16-/m0/s1. The summed E-state index contributed by atoms with van der Waals surface area (Å²) in [5.41, 5.74) is 2.34. The number of carbonyl (C=O) groups excluding carboxylic acids is 1. The number of thioether (sulfide) groups is 1. The van der Waals surface area contributed by atoms with E-state index in [-0.39, 0.29) is 18.0 Å². The normalized spacial score (nSPS) is 11.5. The Morgan fingerprint density at radius 1 is 1.03 bits per heavy atom. The summed E-state index contributed by atoms with van der Waals surface area (Å²) in [6.07, 6.45) is 0. The number of carbonyl (C=O) groups is 1. The number of ether oxygens (including phenoxy) is 3. The predicted octanol–water partition coefficient (Wildman–Crippen LogP) is 3.36. The lowest BCUT2D eigenvalue weighted by atomic mass is 10.1. The van der Waals surface area contributed by atoms with Gasteiger partial charge in [-0.15, -0.1) is 0 Å². The molecule has 0 saturated carbocycles. The average Bonchev–Trinajstić information content (AvgIpc) is 2.83. The number of aryl methyl sites for hydroxylation is 1. The summed E-state index contributed by atoms with van der Waals surface area (Å²) in [6, 6.07) is 14.2. The average molecular weight is 470 g/mol. The molecule has 174 valence electrons. The Kier molecular flexibility index (Phi) is 8.00. The molecular formula is C24H27N3O5S. The van der Waals surface area contributed by atoms with Crippen LogP contribution in [-0.2, 0) is 11.3 Å². The van der Waals surface area contributed by atoms with E-state index in [2.05, 4.69) is 10.4 Å². The second kappa shape index (κ2) is 10.9. The monoisotopic (exact) mass is 469 g/mol. The van der Waals surface area contributed by atoms with Crippen molar-refractivity contribution in [1.82, 2.24) is 15.1 Å². The van der Waals surface area contributed by atoms with Crippen molar-refractivity contribution in [3.05, 3.63) is 70.0 Å². The number of aromatic nitrogens is 2. The second-order valence-electron chi connectivity index (χ2n) is 7.27. The summed E-state index contributed by atoms with van der Waals surface area (Å²) in [7, 11) is 4.62. The van der Waals surface area contributed by atoms with E-state index in [9.17, 15) is 9.59 Å². The van der Waals surface area contributed by atoms with Gasteiger partial charge in [0.2, 0.25) is 11.7 Å². The van der Waals surface area contributed by atoms with Gasteiger partial charge < -0.3 is 19.5 Å². The quantitative estimate of drug-likeness (QED) is 0.481. The van der Waals surface area contributed by atoms with Crippen LogP contribution >= 0.6 is 11.8 Å². The molecule has 0 saturated heterocycles. The van der Waals surface area contributed by atoms with Gasteiger partial charge in [0.15, 0.2) is 11.5 Å². The minimum atomic E-state index is -0.427. The highest BCUT2D eigenvalue weighted by Crippen LogP contribution is 2.38. The van der Waals surface area contributed by atoms with E-state index in [0.717, 1.165) is 11.1 Å². The highest BCUT2D eigenvalue weighted by molar-refractivity contribution is 8.00. The number of benzene rings is 2. The van der Waals surface area contributed by atoms with E-state index in [1.165, 1.54) is 29.6 Å². The molecule has 0 aliphatic heterocycles. The number of nitrogens with zero attached hydrogens (tertiary/aromatic N) is 2. The van der Waals surface area contributed by atoms with Crippen molar-refractivity contribution in [2.45, 2.75) is 30.7 Å². The third kappa shape index (κ3) is 5.87. The Hall–Kier alpha value is -3.46. The Labute approximate surface area is 196 Å². The van der Waals surface area contributed by atoms with Gasteiger partial charge in [-0.25, -0.2) is 0 Å². The first kappa shape index (κ1) is 24.2. The summed E-state index contributed by atoms with van der Waals surface area (Å²) < 4.78 is 17.4. The van der Waals surface area contributed by atoms with Crippen LogP contribution in [0.4, 0.5) is 0 Å². The van der Waals surface area contributed by atoms with Gasteiger partial charge >= 0.3 is 0 Å². The number of hydrogen-bond acceptors (Lipinski definition) is 7. The molecule has 0 aliphatic carbocycles. The minimum absolute atomic E-state index is 0.163. The highest BCUT2D eigenvalue weighted by Gasteiger charge is 2.18. The topological polar surface area (TPSA) is 91.7 Å². The molecule has 0 bridgehead atoms. The Balaban J connectivity index is 1.69. The third-order valence-electron chi connectivity index (χ3n) is 4.91. The van der Waals surface area contributed by atoms with E-state index < -0.39 is 5.25 Å². The van der Waals surface area contributed by atoms with Gasteiger partial charge in [-0.3, -0.25) is 9.59 Å². The molecule has 33 heavy (non-hydrogen) atoms. The molecule has 1 N–H and O–H groups in total. The van der Waals surface area contributed by atoms with Gasteiger partial charge in [0, 0.05) is 12.6 Å². The Morgan fingerprint density at radius 3 is 2.24 bits per heavy atom. The smallest absolute Gasteiger partial charge is 0.271 e. The van der Waals surface area contributed by atoms with Crippen LogP contribution in [0.2, 0.25) is 0 Å². The molecule has 1 atom stereocenters. The Bertz CT molecular complexity index is 1150. The third-order valence-corrected chi connectivity index (χ3v) is 5.94. The second-order valence-corrected chi connectivity index (χ2v) is 8.63. The number of amides is 1. The van der Waals surface area contributed by atoms with Crippen LogP contribution in [0.3, 0.4) is 0 Å². The fourth-order valence-electron chi connectivity index (χ4n) is 3.13. The molecule has 0 unspecified atom stereocenters. The summed E-state index contributed by atoms with van der Waals surface area (Å²) in [4.78, 5) is 25.0. The van der Waals surface area contributed by atoms with E-state index in [0.29, 0.717) is 28.0 Å². The molecule has 1 aromatic heterocycles. The SMILES string of the molecule is COc1cc(CNC(=O)[C@H](C)Sc2ccc(=O)n(-c3ccc(C)cc3)n2)cc(OC)c1OC. The molecule has 1 heterocycles. The van der Waals surface area contributed by atoms with Crippen molar-refractivity contribution in [2.75, 3.05) is 21.3 Å². The molecule has 0 spiro atoms. The summed E-state index contributed by atoms with van der Waals surface area (Å²) in [6.45, 7) is 4.06. The lowest BCUT2D eigenvalue weighted by Gasteiger charge is -2.16. The molecule has 1 amide bonds. The van der Waals surface area contributed by atoms with E-state index in [4.69, 9.17) is 14.2 Å². The van der Waals surface area contributed by atoms with Crippen molar-refractivity contribution in [1.29, 1.82) is 0 Å². The van der Waals surface area contributed by atoms with Crippen molar-refractivity contribution < 1.29 is 19.0 Å². The number of nitrogens with one attached hydrogen (secondary N) is 1. The molecule has 2 aromatic carbocycles. The number of hydrogen-bond donors (Lipinski definition) is 1. The van der Waals surface area contributed by atoms with Crippen molar-refractivity contribution in [3.63, 3.8) is 0 Å². The largest absolute Gasteiger partial charge is 0.493 e. The van der Waals surface area contributed by atoms with E-state index in [1.807, 2.05) is 31.2 Å². The first-order valence-corrected chi connectivity index (χ1v) is 11.1. The lowest BCUT2D eigenvalue weighted by molar-refractivity contribution is -0.120. The van der Waals surface area contributed by atoms with Crippen LogP contribution in [0.5, 0.6) is 17.2 Å². The van der Waals surface area contributed by atoms with E-state index >= 15 is 0 Å². The van der Waals surface area contributed by atoms with Crippen LogP contribution in [0.1, 0.15) is 18.1 Å². The van der Waals surface area contributed by atoms with Crippen LogP contribution in [-0.4, -0.2) is 42.3 Å². The molecule has 9 heteroatoms. The zero-order valence-electron chi connectivity index (χ0n) is 19.2. The summed E-state index contributed by atoms with van der Waals surface area (Å²) in [5, 5.41) is 7.48. The Morgan fingerprint density at radius 2 is 1.67 bits per heavy atom. The maximum atomic E-state index is 12.7. The molecule has 3 rings (SSSR count). The highest BCUT2D eigenvalue weighted by atomic mass is 32.2. The zero-order valence-corrected chi connectivity index (χ0v) is 20.1. The van der Waals surface area contributed by atoms with Gasteiger partial charge in [-0.05, 0) is 49.7 Å². The van der Waals surface area contributed by atoms with Crippen LogP contribution < -0.4 is 25.1 Å². The van der Waals surface area contributed by atoms with Crippen molar-refractivity contribution >= 4 is 17.7 Å². The molecule has 0 radical (unpaired) electrons. The number of methoxy groups -OCH3 is 3. The van der Waals surface area contributed by atoms with Gasteiger partial charge in [0.1, 0.15) is 5.03 Å². The van der Waals surface area contributed by atoms with Crippen molar-refractivity contribution in [3.8, 4) is 22.9 Å². The lowest BCUT2D eigenvalue weighted by Crippen LogP contribution is -2.30. The van der Waals surface area contributed by atoms with Crippen molar-refractivity contribution in [2.24, 2.45) is 0 Å². The molecule has 0 fully saturated rings. The van der Waals surface area contributed by atoms with E-state index in [1.54, 1.807) is 39.3 Å². The number of rotatable bonds is 9. The van der Waals surface area contributed by atoms with Gasteiger partial charge in [0.25, 0.3) is 5.56 Å². The molecule has 8 nitrogen and oxygen atoms in total. The van der Waals surface area contributed by atoms with Crippen LogP contribution in [0, 0.1) is 6.92 Å². The fourth-order valence-corrected chi connectivity index (χ4v) is 3.96. The maximum absolute atomic E-state index is 12.7. The minimum Gasteiger partial charge on any atom is -0.493 e.